The molecule has 20 heavy (non-hydrogen) atoms. The molecule has 0 aliphatic carbocycles. The number of amides is 2. The number of nitrogens with two attached hydrogens (primary N) is 1. The highest BCUT2D eigenvalue weighted by Gasteiger charge is 2.14. The summed E-state index contributed by atoms with van der Waals surface area (Å²) in [7, 11) is 3.01. The molecule has 0 saturated heterocycles. The van der Waals surface area contributed by atoms with Gasteiger partial charge in [0, 0.05) is 26.4 Å². The molecular weight excluding hydrogens is 282 g/mol. The lowest BCUT2D eigenvalue weighted by Gasteiger charge is -2.13. The second-order valence-corrected chi connectivity index (χ2v) is 4.53. The normalized spacial score (nSPS) is 11.8. The molecule has 110 valence electrons. The number of methoxy groups -OCH3 is 1. The Bertz CT molecular complexity index is 490. The number of carbonyl (C=O) groups excluding carboxylic acids is 2. The van der Waals surface area contributed by atoms with Crippen molar-refractivity contribution < 1.29 is 14.3 Å². The highest BCUT2D eigenvalue weighted by atomic mass is 35.5. The molecule has 1 unspecified atom stereocenters. The fourth-order valence-electron chi connectivity index (χ4n) is 1.59. The highest BCUT2D eigenvalue weighted by Crippen LogP contribution is 2.20. The summed E-state index contributed by atoms with van der Waals surface area (Å²) in [6.45, 7) is 0.258. The van der Waals surface area contributed by atoms with Gasteiger partial charge in [0.1, 0.15) is 0 Å². The molecule has 1 rings (SSSR count). The van der Waals surface area contributed by atoms with Gasteiger partial charge in [-0.25, -0.2) is 0 Å². The quantitative estimate of drug-likeness (QED) is 0.730. The summed E-state index contributed by atoms with van der Waals surface area (Å²) in [5, 5.41) is 5.47. The van der Waals surface area contributed by atoms with Crippen LogP contribution in [-0.4, -0.2) is 38.6 Å². The first-order valence-electron chi connectivity index (χ1n) is 6.06. The largest absolute Gasteiger partial charge is 0.380 e. The van der Waals surface area contributed by atoms with Crippen LogP contribution in [0.4, 0.5) is 5.69 Å². The third kappa shape index (κ3) is 4.48. The third-order valence-electron chi connectivity index (χ3n) is 2.73. The number of rotatable bonds is 6. The van der Waals surface area contributed by atoms with Gasteiger partial charge in [-0.1, -0.05) is 11.6 Å². The van der Waals surface area contributed by atoms with Crippen LogP contribution in [0, 0.1) is 0 Å². The number of anilines is 1. The van der Waals surface area contributed by atoms with E-state index in [1.165, 1.54) is 20.2 Å². The number of hydrogen-bond donors (Lipinski definition) is 3. The molecule has 4 N–H and O–H groups in total. The standard InChI is InChI=1S/C13H18ClN3O3/c1-16-13(19)10-5-8(3-4-11(10)14)17-12(18)6-9(7-15)20-2/h3-5,9H,6-7,15H2,1-2H3,(H,16,19)(H,17,18). The molecule has 0 aliphatic rings. The Labute approximate surface area is 122 Å². The van der Waals surface area contributed by atoms with E-state index in [0.29, 0.717) is 16.3 Å². The average Bonchev–Trinajstić information content (AvgIpc) is 2.45. The maximum absolute atomic E-state index is 11.8. The lowest BCUT2D eigenvalue weighted by atomic mass is 10.1. The summed E-state index contributed by atoms with van der Waals surface area (Å²) in [4.78, 5) is 23.4. The minimum atomic E-state index is -0.333. The molecule has 2 amide bonds. The number of hydrogen-bond acceptors (Lipinski definition) is 4. The molecule has 0 spiro atoms. The van der Waals surface area contributed by atoms with Crippen molar-refractivity contribution in [1.82, 2.24) is 5.32 Å². The summed E-state index contributed by atoms with van der Waals surface area (Å²) in [5.74, 6) is -0.560. The van der Waals surface area contributed by atoms with Gasteiger partial charge in [0.25, 0.3) is 5.91 Å². The maximum atomic E-state index is 11.8. The SMILES string of the molecule is CNC(=O)c1cc(NC(=O)CC(CN)OC)ccc1Cl. The molecule has 0 aromatic heterocycles. The predicted molar refractivity (Wildman–Crippen MR) is 77.9 cm³/mol. The second kappa shape index (κ2) is 7.84. The van der Waals surface area contributed by atoms with Crippen LogP contribution in [0.15, 0.2) is 18.2 Å². The summed E-state index contributed by atoms with van der Waals surface area (Å²) in [5.41, 5.74) is 6.24. The zero-order chi connectivity index (χ0) is 15.1. The van der Waals surface area contributed by atoms with Gasteiger partial charge < -0.3 is 21.1 Å². The van der Waals surface area contributed by atoms with Crippen molar-refractivity contribution in [2.24, 2.45) is 5.73 Å². The Kier molecular flexibility index (Phi) is 6.44. The van der Waals surface area contributed by atoms with Gasteiger partial charge >= 0.3 is 0 Å². The summed E-state index contributed by atoms with van der Waals surface area (Å²) in [6.07, 6.45) is -0.189. The first-order valence-corrected chi connectivity index (χ1v) is 6.44. The molecule has 6 nitrogen and oxygen atoms in total. The fourth-order valence-corrected chi connectivity index (χ4v) is 1.80. The highest BCUT2D eigenvalue weighted by molar-refractivity contribution is 6.34. The molecule has 1 atom stereocenters. The van der Waals surface area contributed by atoms with E-state index in [1.807, 2.05) is 0 Å². The van der Waals surface area contributed by atoms with Gasteiger partial charge in [-0.3, -0.25) is 9.59 Å². The van der Waals surface area contributed by atoms with Crippen LogP contribution >= 0.6 is 11.6 Å². The molecule has 0 saturated carbocycles. The average molecular weight is 300 g/mol. The van der Waals surface area contributed by atoms with E-state index in [4.69, 9.17) is 22.1 Å². The van der Waals surface area contributed by atoms with Gasteiger partial charge in [-0.2, -0.15) is 0 Å². The monoisotopic (exact) mass is 299 g/mol. The molecule has 0 heterocycles. The maximum Gasteiger partial charge on any atom is 0.252 e. The summed E-state index contributed by atoms with van der Waals surface area (Å²) in [6, 6.07) is 4.69. The minimum Gasteiger partial charge on any atom is -0.380 e. The lowest BCUT2D eigenvalue weighted by Crippen LogP contribution is -2.28. The van der Waals surface area contributed by atoms with Crippen LogP contribution in [0.25, 0.3) is 0 Å². The van der Waals surface area contributed by atoms with Crippen molar-refractivity contribution in [3.63, 3.8) is 0 Å². The molecule has 7 heteroatoms. The fraction of sp³-hybridized carbons (Fsp3) is 0.385. The predicted octanol–water partition coefficient (Wildman–Crippen LogP) is 1.00. The van der Waals surface area contributed by atoms with E-state index in [0.717, 1.165) is 0 Å². The number of benzene rings is 1. The van der Waals surface area contributed by atoms with Crippen molar-refractivity contribution in [2.75, 3.05) is 26.0 Å². The van der Waals surface area contributed by atoms with E-state index < -0.39 is 0 Å². The number of nitrogens with one attached hydrogen (secondary N) is 2. The zero-order valence-electron chi connectivity index (χ0n) is 11.4. The minimum absolute atomic E-state index is 0.144. The molecular formula is C13H18ClN3O3. The van der Waals surface area contributed by atoms with E-state index in [2.05, 4.69) is 10.6 Å². The van der Waals surface area contributed by atoms with Crippen molar-refractivity contribution in [1.29, 1.82) is 0 Å². The van der Waals surface area contributed by atoms with Crippen LogP contribution in [0.2, 0.25) is 5.02 Å². The number of carbonyl (C=O) groups is 2. The molecule has 0 radical (unpaired) electrons. The Morgan fingerprint density at radius 3 is 2.70 bits per heavy atom. The van der Waals surface area contributed by atoms with Crippen LogP contribution < -0.4 is 16.4 Å². The molecule has 0 aliphatic heterocycles. The van der Waals surface area contributed by atoms with Gasteiger partial charge in [-0.05, 0) is 18.2 Å². The van der Waals surface area contributed by atoms with Crippen molar-refractivity contribution in [3.8, 4) is 0 Å². The van der Waals surface area contributed by atoms with Gasteiger partial charge in [0.2, 0.25) is 5.91 Å². The number of ether oxygens (including phenoxy) is 1. The van der Waals surface area contributed by atoms with Crippen LogP contribution in [0.3, 0.4) is 0 Å². The molecule has 0 fully saturated rings. The second-order valence-electron chi connectivity index (χ2n) is 4.12. The zero-order valence-corrected chi connectivity index (χ0v) is 12.2. The van der Waals surface area contributed by atoms with Gasteiger partial charge in [0.05, 0.1) is 23.1 Å². The van der Waals surface area contributed by atoms with Crippen LogP contribution in [0.5, 0.6) is 0 Å². The first-order chi connectivity index (χ1) is 9.51. The Balaban J connectivity index is 2.78. The van der Waals surface area contributed by atoms with Crippen molar-refractivity contribution in [2.45, 2.75) is 12.5 Å². The Hall–Kier alpha value is -1.63. The van der Waals surface area contributed by atoms with Crippen LogP contribution in [-0.2, 0) is 9.53 Å². The first kappa shape index (κ1) is 16.4. The molecule has 1 aromatic carbocycles. The van der Waals surface area contributed by atoms with Gasteiger partial charge in [0.15, 0.2) is 0 Å². The molecule has 1 aromatic rings. The Morgan fingerprint density at radius 2 is 2.15 bits per heavy atom. The summed E-state index contributed by atoms with van der Waals surface area (Å²) >= 11 is 5.93. The summed E-state index contributed by atoms with van der Waals surface area (Å²) < 4.78 is 5.04. The van der Waals surface area contributed by atoms with E-state index in [1.54, 1.807) is 12.1 Å². The van der Waals surface area contributed by atoms with Gasteiger partial charge in [-0.15, -0.1) is 0 Å². The van der Waals surface area contributed by atoms with E-state index >= 15 is 0 Å². The Morgan fingerprint density at radius 1 is 1.45 bits per heavy atom. The molecule has 0 bridgehead atoms. The van der Waals surface area contributed by atoms with Crippen molar-refractivity contribution in [3.05, 3.63) is 28.8 Å². The van der Waals surface area contributed by atoms with Crippen molar-refractivity contribution >= 4 is 29.1 Å². The third-order valence-corrected chi connectivity index (χ3v) is 3.06. The van der Waals surface area contributed by atoms with E-state index in [9.17, 15) is 9.59 Å². The number of halogens is 1. The smallest absolute Gasteiger partial charge is 0.252 e. The van der Waals surface area contributed by atoms with E-state index in [-0.39, 0.29) is 30.9 Å². The lowest BCUT2D eigenvalue weighted by molar-refractivity contribution is -0.118. The van der Waals surface area contributed by atoms with Crippen LogP contribution in [0.1, 0.15) is 16.8 Å². The topological polar surface area (TPSA) is 93.5 Å².